The van der Waals surface area contributed by atoms with Crippen molar-refractivity contribution >= 4 is 28.8 Å². The third kappa shape index (κ3) is 4.77. The maximum Gasteiger partial charge on any atom is 0.221 e. The molecule has 0 bridgehead atoms. The molecule has 0 fully saturated rings. The minimum Gasteiger partial charge on any atom is -0.493 e. The SMILES string of the molecule is COc1cc([C@@H]2CC(=O)C3=C(C2)Nc2ccccc2N[C@@H]3c2ccc(NC(C)=O)cc2)cc(OC)c1OC. The van der Waals surface area contributed by atoms with E-state index in [2.05, 4.69) is 16.0 Å². The second-order valence-electron chi connectivity index (χ2n) is 9.43. The first-order valence-corrected chi connectivity index (χ1v) is 12.5. The molecule has 0 radical (unpaired) electrons. The van der Waals surface area contributed by atoms with Gasteiger partial charge in [0.2, 0.25) is 11.7 Å². The molecule has 5 rings (SSSR count). The Hall–Kier alpha value is -4.46. The van der Waals surface area contributed by atoms with Crippen LogP contribution in [0.4, 0.5) is 17.1 Å². The topological polar surface area (TPSA) is 97.9 Å². The van der Waals surface area contributed by atoms with Crippen LogP contribution in [0.5, 0.6) is 17.2 Å². The summed E-state index contributed by atoms with van der Waals surface area (Å²) in [4.78, 5) is 25.3. The molecule has 3 N–H and O–H groups in total. The number of Topliss-reactive ketones (excluding diaryl/α,β-unsaturated/α-hetero) is 1. The second kappa shape index (κ2) is 10.5. The summed E-state index contributed by atoms with van der Waals surface area (Å²) in [5.41, 5.74) is 6.02. The standard InChI is InChI=1S/C30H31N3O5/c1-17(34)31-21-11-9-18(10-12-21)29-28-24(32-22-7-5-6-8-23(22)33-29)13-19(14-25(28)35)20-15-26(36-2)30(38-4)27(16-20)37-3/h5-12,15-16,19,29,32-33H,13-14H2,1-4H3,(H,31,34)/t19-,29+/m0/s1. The minimum atomic E-state index is -0.346. The van der Waals surface area contributed by atoms with Gasteiger partial charge in [0.25, 0.3) is 0 Å². The van der Waals surface area contributed by atoms with Gasteiger partial charge in [-0.05, 0) is 59.9 Å². The molecule has 0 saturated carbocycles. The number of amides is 1. The van der Waals surface area contributed by atoms with E-state index in [4.69, 9.17) is 14.2 Å². The van der Waals surface area contributed by atoms with Crippen molar-refractivity contribution in [2.45, 2.75) is 31.7 Å². The molecule has 0 spiro atoms. The van der Waals surface area contributed by atoms with Crippen molar-refractivity contribution in [3.63, 3.8) is 0 Å². The fourth-order valence-corrected chi connectivity index (χ4v) is 5.28. The number of anilines is 3. The fourth-order valence-electron chi connectivity index (χ4n) is 5.28. The van der Waals surface area contributed by atoms with Crippen LogP contribution in [0.25, 0.3) is 0 Å². The van der Waals surface area contributed by atoms with E-state index in [1.165, 1.54) is 6.92 Å². The molecule has 1 amide bonds. The first kappa shape index (κ1) is 25.2. The summed E-state index contributed by atoms with van der Waals surface area (Å²) in [6, 6.07) is 19.0. The molecule has 196 valence electrons. The van der Waals surface area contributed by atoms with Crippen molar-refractivity contribution < 1.29 is 23.8 Å². The number of fused-ring (bicyclic) bond motifs is 1. The van der Waals surface area contributed by atoms with E-state index < -0.39 is 0 Å². The number of hydrogen-bond donors (Lipinski definition) is 3. The summed E-state index contributed by atoms with van der Waals surface area (Å²) in [5.74, 6) is 1.51. The molecular formula is C30H31N3O5. The van der Waals surface area contributed by atoms with Crippen LogP contribution >= 0.6 is 0 Å². The van der Waals surface area contributed by atoms with Crippen molar-refractivity contribution in [2.75, 3.05) is 37.3 Å². The summed E-state index contributed by atoms with van der Waals surface area (Å²) in [6.45, 7) is 1.48. The van der Waals surface area contributed by atoms with Crippen molar-refractivity contribution in [3.8, 4) is 17.2 Å². The van der Waals surface area contributed by atoms with Crippen molar-refractivity contribution in [2.24, 2.45) is 0 Å². The van der Waals surface area contributed by atoms with Crippen LogP contribution in [-0.4, -0.2) is 33.0 Å². The van der Waals surface area contributed by atoms with E-state index in [0.717, 1.165) is 33.8 Å². The number of methoxy groups -OCH3 is 3. The Bertz CT molecular complexity index is 1390. The fraction of sp³-hybridized carbons (Fsp3) is 0.267. The van der Waals surface area contributed by atoms with Gasteiger partial charge in [0.15, 0.2) is 17.3 Å². The van der Waals surface area contributed by atoms with Gasteiger partial charge < -0.3 is 30.2 Å². The van der Waals surface area contributed by atoms with E-state index in [-0.39, 0.29) is 23.7 Å². The van der Waals surface area contributed by atoms with Crippen LogP contribution in [-0.2, 0) is 9.59 Å². The van der Waals surface area contributed by atoms with Gasteiger partial charge in [-0.3, -0.25) is 9.59 Å². The van der Waals surface area contributed by atoms with Crippen LogP contribution in [0.15, 0.2) is 71.9 Å². The third-order valence-corrected chi connectivity index (χ3v) is 7.03. The number of benzene rings is 3. The van der Waals surface area contributed by atoms with Gasteiger partial charge in [0, 0.05) is 30.3 Å². The van der Waals surface area contributed by atoms with E-state index in [1.807, 2.05) is 60.7 Å². The van der Waals surface area contributed by atoms with Crippen LogP contribution < -0.4 is 30.2 Å². The molecule has 8 heteroatoms. The Kier molecular flexibility index (Phi) is 6.96. The number of hydrogen-bond acceptors (Lipinski definition) is 7. The Labute approximate surface area is 222 Å². The quantitative estimate of drug-likeness (QED) is 0.392. The summed E-state index contributed by atoms with van der Waals surface area (Å²) < 4.78 is 16.6. The maximum absolute atomic E-state index is 13.9. The van der Waals surface area contributed by atoms with E-state index >= 15 is 0 Å². The van der Waals surface area contributed by atoms with Crippen LogP contribution in [0.3, 0.4) is 0 Å². The lowest BCUT2D eigenvalue weighted by Gasteiger charge is -2.30. The van der Waals surface area contributed by atoms with Gasteiger partial charge in [-0.1, -0.05) is 24.3 Å². The predicted octanol–water partition coefficient (Wildman–Crippen LogP) is 5.65. The van der Waals surface area contributed by atoms with E-state index in [9.17, 15) is 9.59 Å². The summed E-state index contributed by atoms with van der Waals surface area (Å²) in [5, 5.41) is 9.95. The van der Waals surface area contributed by atoms with Crippen molar-refractivity contribution in [3.05, 3.63) is 83.1 Å². The lowest BCUT2D eigenvalue weighted by atomic mass is 9.78. The molecule has 1 aliphatic carbocycles. The Balaban J connectivity index is 1.56. The highest BCUT2D eigenvalue weighted by molar-refractivity contribution is 6.01. The molecule has 38 heavy (non-hydrogen) atoms. The molecule has 3 aromatic carbocycles. The highest BCUT2D eigenvalue weighted by Crippen LogP contribution is 2.47. The molecule has 1 heterocycles. The van der Waals surface area contributed by atoms with E-state index in [1.54, 1.807) is 21.3 Å². The number of nitrogens with one attached hydrogen (secondary N) is 3. The third-order valence-electron chi connectivity index (χ3n) is 7.03. The average molecular weight is 514 g/mol. The molecule has 0 saturated heterocycles. The molecule has 8 nitrogen and oxygen atoms in total. The van der Waals surface area contributed by atoms with Crippen LogP contribution in [0.2, 0.25) is 0 Å². The smallest absolute Gasteiger partial charge is 0.221 e. The number of ether oxygens (including phenoxy) is 3. The lowest BCUT2D eigenvalue weighted by molar-refractivity contribution is -0.116. The lowest BCUT2D eigenvalue weighted by Crippen LogP contribution is -2.27. The molecular weight excluding hydrogens is 482 g/mol. The zero-order valence-corrected chi connectivity index (χ0v) is 21.9. The summed E-state index contributed by atoms with van der Waals surface area (Å²) in [6.07, 6.45) is 0.980. The van der Waals surface area contributed by atoms with Crippen molar-refractivity contribution in [1.29, 1.82) is 0 Å². The van der Waals surface area contributed by atoms with Gasteiger partial charge >= 0.3 is 0 Å². The molecule has 2 aliphatic rings. The minimum absolute atomic E-state index is 0.0637. The first-order chi connectivity index (χ1) is 18.4. The first-order valence-electron chi connectivity index (χ1n) is 12.5. The zero-order valence-electron chi connectivity index (χ0n) is 21.9. The highest BCUT2D eigenvalue weighted by Gasteiger charge is 2.36. The van der Waals surface area contributed by atoms with E-state index in [0.29, 0.717) is 35.8 Å². The number of carbonyl (C=O) groups excluding carboxylic acids is 2. The number of allylic oxidation sites excluding steroid dienone is 1. The number of para-hydroxylation sites is 2. The van der Waals surface area contributed by atoms with Crippen LogP contribution in [0, 0.1) is 0 Å². The predicted molar refractivity (Wildman–Crippen MR) is 147 cm³/mol. The normalized spacial score (nSPS) is 18.3. The average Bonchev–Trinajstić information content (AvgIpc) is 3.09. The van der Waals surface area contributed by atoms with Gasteiger partial charge in [-0.25, -0.2) is 0 Å². The monoisotopic (exact) mass is 513 g/mol. The number of carbonyl (C=O) groups is 2. The Morgan fingerprint density at radius 3 is 2.13 bits per heavy atom. The molecule has 2 atom stereocenters. The summed E-state index contributed by atoms with van der Waals surface area (Å²) in [7, 11) is 4.75. The van der Waals surface area contributed by atoms with Crippen molar-refractivity contribution in [1.82, 2.24) is 0 Å². The molecule has 0 unspecified atom stereocenters. The highest BCUT2D eigenvalue weighted by atomic mass is 16.5. The number of ketones is 1. The molecule has 0 aromatic heterocycles. The largest absolute Gasteiger partial charge is 0.493 e. The van der Waals surface area contributed by atoms with Gasteiger partial charge in [-0.15, -0.1) is 0 Å². The second-order valence-corrected chi connectivity index (χ2v) is 9.43. The number of rotatable bonds is 6. The Morgan fingerprint density at radius 2 is 1.53 bits per heavy atom. The van der Waals surface area contributed by atoms with Crippen LogP contribution in [0.1, 0.15) is 42.9 Å². The van der Waals surface area contributed by atoms with Gasteiger partial charge in [0.05, 0.1) is 38.7 Å². The van der Waals surface area contributed by atoms with Gasteiger partial charge in [0.1, 0.15) is 0 Å². The van der Waals surface area contributed by atoms with Gasteiger partial charge in [-0.2, -0.15) is 0 Å². The summed E-state index contributed by atoms with van der Waals surface area (Å²) >= 11 is 0. The molecule has 1 aliphatic heterocycles. The molecule has 3 aromatic rings. The zero-order chi connectivity index (χ0) is 26.8. The Morgan fingerprint density at radius 1 is 0.868 bits per heavy atom. The maximum atomic E-state index is 13.9.